The van der Waals surface area contributed by atoms with E-state index in [9.17, 15) is 4.79 Å². The molecule has 1 aromatic carbocycles. The van der Waals surface area contributed by atoms with Crippen LogP contribution in [0.5, 0.6) is 0 Å². The molecular weight excluding hydrogens is 428 g/mol. The van der Waals surface area contributed by atoms with Crippen LogP contribution in [-0.2, 0) is 18.9 Å². The molecule has 9 nitrogen and oxygen atoms in total. The van der Waals surface area contributed by atoms with Gasteiger partial charge in [0.15, 0.2) is 0 Å². The number of nitrogens with one attached hydrogen (secondary N) is 2. The number of hydrogen-bond acceptors (Lipinski definition) is 6. The number of carbonyl (C=O) groups is 1. The number of aryl methyl sites for hydroxylation is 2. The summed E-state index contributed by atoms with van der Waals surface area (Å²) in [5.74, 6) is 0.381. The summed E-state index contributed by atoms with van der Waals surface area (Å²) in [5.41, 5.74) is 4.35. The Bertz CT molecular complexity index is 1300. The lowest BCUT2D eigenvalue weighted by Gasteiger charge is -2.20. The van der Waals surface area contributed by atoms with Gasteiger partial charge in [-0.3, -0.25) is 14.2 Å². The van der Waals surface area contributed by atoms with E-state index in [0.29, 0.717) is 17.9 Å². The van der Waals surface area contributed by atoms with Crippen molar-refractivity contribution < 1.29 is 4.79 Å². The molecule has 0 saturated carbocycles. The molecule has 172 valence electrons. The van der Waals surface area contributed by atoms with Crippen molar-refractivity contribution in [1.82, 2.24) is 29.9 Å². The smallest absolute Gasteiger partial charge is 0.247 e. The third-order valence-corrected chi connectivity index (χ3v) is 5.61. The first-order valence-corrected chi connectivity index (χ1v) is 10.9. The Morgan fingerprint density at radius 2 is 1.71 bits per heavy atom. The van der Waals surface area contributed by atoms with E-state index in [1.165, 1.54) is 0 Å². The van der Waals surface area contributed by atoms with E-state index in [1.54, 1.807) is 46.2 Å². The van der Waals surface area contributed by atoms with E-state index in [1.807, 2.05) is 44.7 Å². The number of hydrogen-bond donors (Lipinski definition) is 2. The average Bonchev–Trinajstić information content (AvgIpc) is 3.48. The standard InChI is InChI=1S/C25H26N8O/c1-17(19-6-4-18(10-26)5-7-19)11-28-24(22-14-30-33(3)16-22)25(34)31-23-9-8-20(12-27-23)21-13-29-32(2)15-21/h4-9,12-17,24,28H,11H2,1-3H3,(H,27,31,34)/t17-,24?/m0/s1. The maximum atomic E-state index is 13.2. The summed E-state index contributed by atoms with van der Waals surface area (Å²) in [6.07, 6.45) is 8.90. The molecule has 2 N–H and O–H groups in total. The third-order valence-electron chi connectivity index (χ3n) is 5.61. The highest BCUT2D eigenvalue weighted by atomic mass is 16.2. The Morgan fingerprint density at radius 1 is 0.971 bits per heavy atom. The van der Waals surface area contributed by atoms with Gasteiger partial charge < -0.3 is 10.6 Å². The lowest BCUT2D eigenvalue weighted by Crippen LogP contribution is -2.35. The van der Waals surface area contributed by atoms with Crippen LogP contribution in [0.4, 0.5) is 5.82 Å². The van der Waals surface area contributed by atoms with E-state index in [2.05, 4.69) is 38.8 Å². The third kappa shape index (κ3) is 5.36. The number of amides is 1. The van der Waals surface area contributed by atoms with Crippen LogP contribution in [0.2, 0.25) is 0 Å². The van der Waals surface area contributed by atoms with Crippen molar-refractivity contribution in [2.24, 2.45) is 14.1 Å². The minimum absolute atomic E-state index is 0.136. The Balaban J connectivity index is 1.45. The van der Waals surface area contributed by atoms with Crippen molar-refractivity contribution in [2.75, 3.05) is 11.9 Å². The molecule has 4 rings (SSSR count). The van der Waals surface area contributed by atoms with E-state index in [4.69, 9.17) is 5.26 Å². The largest absolute Gasteiger partial charge is 0.309 e. The number of aromatic nitrogens is 5. The van der Waals surface area contributed by atoms with Gasteiger partial charge in [0.05, 0.1) is 24.0 Å². The minimum Gasteiger partial charge on any atom is -0.309 e. The first kappa shape index (κ1) is 22.9. The summed E-state index contributed by atoms with van der Waals surface area (Å²) in [5, 5.41) is 23.7. The molecule has 0 aliphatic carbocycles. The molecule has 0 aliphatic rings. The zero-order valence-corrected chi connectivity index (χ0v) is 19.3. The molecule has 0 saturated heterocycles. The molecule has 2 atom stereocenters. The van der Waals surface area contributed by atoms with Gasteiger partial charge in [-0.15, -0.1) is 0 Å². The van der Waals surface area contributed by atoms with Crippen LogP contribution < -0.4 is 10.6 Å². The molecule has 0 bridgehead atoms. The van der Waals surface area contributed by atoms with Crippen LogP contribution in [0.3, 0.4) is 0 Å². The first-order valence-electron chi connectivity index (χ1n) is 10.9. The maximum absolute atomic E-state index is 13.2. The SMILES string of the molecule is C[C@@H](CNC(C(=O)Nc1ccc(-c2cnn(C)c2)cn1)c1cnn(C)c1)c1ccc(C#N)cc1. The van der Waals surface area contributed by atoms with Gasteiger partial charge in [0.1, 0.15) is 11.9 Å². The van der Waals surface area contributed by atoms with Gasteiger partial charge in [-0.2, -0.15) is 15.5 Å². The predicted octanol–water partition coefficient (Wildman–Crippen LogP) is 3.16. The zero-order chi connectivity index (χ0) is 24.1. The second-order valence-corrected chi connectivity index (χ2v) is 8.25. The number of carbonyl (C=O) groups excluding carboxylic acids is 1. The van der Waals surface area contributed by atoms with Crippen molar-refractivity contribution in [3.63, 3.8) is 0 Å². The average molecular weight is 455 g/mol. The molecule has 3 aromatic heterocycles. The molecule has 0 aliphatic heterocycles. The van der Waals surface area contributed by atoms with Crippen LogP contribution >= 0.6 is 0 Å². The normalized spacial score (nSPS) is 12.6. The second kappa shape index (κ2) is 10.1. The number of nitrogens with zero attached hydrogens (tertiary/aromatic N) is 6. The van der Waals surface area contributed by atoms with E-state index >= 15 is 0 Å². The number of nitriles is 1. The number of pyridine rings is 1. The van der Waals surface area contributed by atoms with Crippen LogP contribution in [0.25, 0.3) is 11.1 Å². The van der Waals surface area contributed by atoms with Gasteiger partial charge in [-0.1, -0.05) is 19.1 Å². The van der Waals surface area contributed by atoms with E-state index in [-0.39, 0.29) is 11.8 Å². The minimum atomic E-state index is -0.602. The summed E-state index contributed by atoms with van der Waals surface area (Å²) < 4.78 is 3.40. The molecule has 4 aromatic rings. The summed E-state index contributed by atoms with van der Waals surface area (Å²) in [6, 6.07) is 12.7. The Hall–Kier alpha value is -4.29. The van der Waals surface area contributed by atoms with Gasteiger partial charge in [0.25, 0.3) is 0 Å². The van der Waals surface area contributed by atoms with Gasteiger partial charge in [-0.25, -0.2) is 4.98 Å². The maximum Gasteiger partial charge on any atom is 0.247 e. The van der Waals surface area contributed by atoms with Gasteiger partial charge in [0, 0.05) is 55.9 Å². The molecule has 1 amide bonds. The summed E-state index contributed by atoms with van der Waals surface area (Å²) in [7, 11) is 3.68. The number of rotatable bonds is 8. The second-order valence-electron chi connectivity index (χ2n) is 8.25. The van der Waals surface area contributed by atoms with Crippen LogP contribution in [0.15, 0.2) is 67.4 Å². The fourth-order valence-corrected chi connectivity index (χ4v) is 3.66. The summed E-state index contributed by atoms with van der Waals surface area (Å²) in [4.78, 5) is 17.6. The van der Waals surface area contributed by atoms with E-state index < -0.39 is 6.04 Å². The van der Waals surface area contributed by atoms with Gasteiger partial charge in [0.2, 0.25) is 5.91 Å². The highest BCUT2D eigenvalue weighted by molar-refractivity contribution is 5.94. The fraction of sp³-hybridized carbons (Fsp3) is 0.240. The van der Waals surface area contributed by atoms with Crippen LogP contribution in [-0.4, -0.2) is 37.0 Å². The summed E-state index contributed by atoms with van der Waals surface area (Å²) in [6.45, 7) is 2.64. The quantitative estimate of drug-likeness (QED) is 0.423. The molecular formula is C25H26N8O. The Labute approximate surface area is 198 Å². The molecule has 3 heterocycles. The number of benzene rings is 1. The van der Waals surface area contributed by atoms with E-state index in [0.717, 1.165) is 22.3 Å². The highest BCUT2D eigenvalue weighted by Gasteiger charge is 2.23. The van der Waals surface area contributed by atoms with Crippen molar-refractivity contribution in [3.8, 4) is 17.2 Å². The Kier molecular flexibility index (Phi) is 6.80. The molecule has 0 radical (unpaired) electrons. The molecule has 1 unspecified atom stereocenters. The topological polar surface area (TPSA) is 113 Å². The van der Waals surface area contributed by atoms with Crippen LogP contribution in [0, 0.1) is 11.3 Å². The van der Waals surface area contributed by atoms with Gasteiger partial charge >= 0.3 is 0 Å². The Morgan fingerprint density at radius 3 is 2.29 bits per heavy atom. The number of anilines is 1. The zero-order valence-electron chi connectivity index (χ0n) is 19.3. The van der Waals surface area contributed by atoms with Crippen molar-refractivity contribution in [1.29, 1.82) is 5.26 Å². The van der Waals surface area contributed by atoms with Crippen molar-refractivity contribution >= 4 is 11.7 Å². The predicted molar refractivity (Wildman–Crippen MR) is 129 cm³/mol. The van der Waals surface area contributed by atoms with Crippen molar-refractivity contribution in [3.05, 3.63) is 84.1 Å². The molecule has 34 heavy (non-hydrogen) atoms. The molecule has 0 spiro atoms. The lowest BCUT2D eigenvalue weighted by atomic mass is 9.99. The van der Waals surface area contributed by atoms with Crippen LogP contribution in [0.1, 0.15) is 35.6 Å². The monoisotopic (exact) mass is 454 g/mol. The highest BCUT2D eigenvalue weighted by Crippen LogP contribution is 2.21. The molecule has 0 fully saturated rings. The van der Waals surface area contributed by atoms with Gasteiger partial charge in [-0.05, 0) is 35.7 Å². The van der Waals surface area contributed by atoms with Crippen molar-refractivity contribution in [2.45, 2.75) is 18.9 Å². The first-order chi connectivity index (χ1) is 16.4. The summed E-state index contributed by atoms with van der Waals surface area (Å²) >= 11 is 0. The molecule has 9 heteroatoms. The fourth-order valence-electron chi connectivity index (χ4n) is 3.66. The lowest BCUT2D eigenvalue weighted by molar-refractivity contribution is -0.118.